The first-order valence-electron chi connectivity index (χ1n) is 2.45. The van der Waals surface area contributed by atoms with Crippen LogP contribution in [0.15, 0.2) is 0 Å². The molecule has 0 aliphatic rings. The molecule has 0 spiro atoms. The summed E-state index contributed by atoms with van der Waals surface area (Å²) in [6, 6.07) is 0. The van der Waals surface area contributed by atoms with Crippen molar-refractivity contribution in [3.63, 3.8) is 0 Å². The lowest BCUT2D eigenvalue weighted by Crippen LogP contribution is -2.26. The standard InChI is InChI=1S/C4H10O3S2/c5-1-3(6)4(8)2-9-7/h3-8H,1-2H2/t3-,4-/m1/s1. The molecule has 3 N–H and O–H groups in total. The van der Waals surface area contributed by atoms with Crippen LogP contribution in [-0.2, 0) is 0 Å². The van der Waals surface area contributed by atoms with Crippen LogP contribution in [0.1, 0.15) is 0 Å². The van der Waals surface area contributed by atoms with Gasteiger partial charge in [0.1, 0.15) is 0 Å². The maximum absolute atomic E-state index is 8.81. The van der Waals surface area contributed by atoms with E-state index in [0.717, 1.165) is 0 Å². The quantitative estimate of drug-likeness (QED) is 0.350. The maximum Gasteiger partial charge on any atom is 0.0895 e. The average Bonchev–Trinajstić information content (AvgIpc) is 1.87. The Morgan fingerprint density at radius 1 is 1.56 bits per heavy atom. The highest BCUT2D eigenvalue weighted by atomic mass is 32.2. The molecule has 3 nitrogen and oxygen atoms in total. The third-order valence-corrected chi connectivity index (χ3v) is 2.16. The van der Waals surface area contributed by atoms with Gasteiger partial charge in [0, 0.05) is 11.0 Å². The number of hydrogen-bond acceptors (Lipinski definition) is 5. The van der Waals surface area contributed by atoms with E-state index in [-0.39, 0.29) is 11.9 Å². The van der Waals surface area contributed by atoms with E-state index in [1.807, 2.05) is 0 Å². The van der Waals surface area contributed by atoms with Crippen molar-refractivity contribution >= 4 is 24.7 Å². The molecule has 2 atom stereocenters. The van der Waals surface area contributed by atoms with Gasteiger partial charge in [-0.1, -0.05) is 0 Å². The molecule has 0 rings (SSSR count). The molecule has 0 amide bonds. The minimum absolute atomic E-state index is 0.311. The van der Waals surface area contributed by atoms with Crippen molar-refractivity contribution in [1.82, 2.24) is 0 Å². The van der Waals surface area contributed by atoms with Gasteiger partial charge in [-0.05, 0) is 12.0 Å². The minimum atomic E-state index is -0.840. The van der Waals surface area contributed by atoms with Crippen LogP contribution in [0.25, 0.3) is 0 Å². The fraction of sp³-hybridized carbons (Fsp3) is 1.00. The number of hydrogen-bond donors (Lipinski definition) is 4. The summed E-state index contributed by atoms with van der Waals surface area (Å²) in [5.41, 5.74) is 0. The summed E-state index contributed by atoms with van der Waals surface area (Å²) in [6.07, 6.45) is -0.840. The van der Waals surface area contributed by atoms with Crippen molar-refractivity contribution in [3.05, 3.63) is 0 Å². The minimum Gasteiger partial charge on any atom is -0.394 e. The molecule has 0 fully saturated rings. The van der Waals surface area contributed by atoms with Crippen LogP contribution in [0, 0.1) is 0 Å². The van der Waals surface area contributed by atoms with E-state index >= 15 is 0 Å². The monoisotopic (exact) mass is 170 g/mol. The van der Waals surface area contributed by atoms with E-state index in [2.05, 4.69) is 12.6 Å². The van der Waals surface area contributed by atoms with Crippen LogP contribution in [0.3, 0.4) is 0 Å². The van der Waals surface area contributed by atoms with E-state index in [1.165, 1.54) is 0 Å². The molecule has 0 heterocycles. The Morgan fingerprint density at radius 2 is 2.11 bits per heavy atom. The predicted octanol–water partition coefficient (Wildman–Crippen LogP) is -0.156. The Balaban J connectivity index is 3.32. The van der Waals surface area contributed by atoms with Crippen LogP contribution < -0.4 is 0 Å². The zero-order chi connectivity index (χ0) is 7.28. The lowest BCUT2D eigenvalue weighted by atomic mass is 10.3. The molecule has 0 radical (unpaired) electrons. The van der Waals surface area contributed by atoms with Gasteiger partial charge in [0.25, 0.3) is 0 Å². The fourth-order valence-corrected chi connectivity index (χ4v) is 0.978. The van der Waals surface area contributed by atoms with Crippen LogP contribution in [-0.4, -0.2) is 38.5 Å². The lowest BCUT2D eigenvalue weighted by molar-refractivity contribution is 0.0976. The first-order valence-corrected chi connectivity index (χ1v) is 3.91. The van der Waals surface area contributed by atoms with Crippen LogP contribution in [0.4, 0.5) is 0 Å². The highest BCUT2D eigenvalue weighted by molar-refractivity contribution is 7.94. The second-order valence-electron chi connectivity index (χ2n) is 1.61. The normalized spacial score (nSPS) is 17.3. The van der Waals surface area contributed by atoms with Gasteiger partial charge in [-0.3, -0.25) is 0 Å². The summed E-state index contributed by atoms with van der Waals surface area (Å²) in [4.78, 5) is 0. The Kier molecular flexibility index (Phi) is 5.72. The molecule has 0 aromatic carbocycles. The smallest absolute Gasteiger partial charge is 0.0895 e. The summed E-state index contributed by atoms with van der Waals surface area (Å²) in [5, 5.41) is 16.8. The largest absolute Gasteiger partial charge is 0.394 e. The van der Waals surface area contributed by atoms with Gasteiger partial charge in [-0.25, -0.2) is 0 Å². The average molecular weight is 170 g/mol. The van der Waals surface area contributed by atoms with Gasteiger partial charge in [-0.15, -0.1) is 0 Å². The Hall–Kier alpha value is 0.580. The predicted molar refractivity (Wildman–Crippen MR) is 41.0 cm³/mol. The van der Waals surface area contributed by atoms with E-state index in [4.69, 9.17) is 14.8 Å². The summed E-state index contributed by atoms with van der Waals surface area (Å²) in [6.45, 7) is -0.311. The number of rotatable bonds is 4. The molecule has 56 valence electrons. The van der Waals surface area contributed by atoms with Crippen molar-refractivity contribution < 1.29 is 14.8 Å². The maximum atomic E-state index is 8.81. The topological polar surface area (TPSA) is 60.7 Å². The van der Waals surface area contributed by atoms with Gasteiger partial charge in [0.05, 0.1) is 12.7 Å². The molecule has 0 aromatic heterocycles. The first-order chi connectivity index (χ1) is 4.22. The van der Waals surface area contributed by atoms with Gasteiger partial charge < -0.3 is 14.8 Å². The second kappa shape index (κ2) is 5.37. The summed E-state index contributed by atoms with van der Waals surface area (Å²) in [5.74, 6) is 0.324. The number of aliphatic hydroxyl groups excluding tert-OH is 2. The van der Waals surface area contributed by atoms with Crippen LogP contribution >= 0.6 is 24.7 Å². The summed E-state index contributed by atoms with van der Waals surface area (Å²) < 4.78 is 8.26. The van der Waals surface area contributed by atoms with Gasteiger partial charge in [0.2, 0.25) is 0 Å². The van der Waals surface area contributed by atoms with E-state index in [1.54, 1.807) is 0 Å². The Morgan fingerprint density at radius 3 is 2.44 bits per heavy atom. The van der Waals surface area contributed by atoms with Gasteiger partial charge in [-0.2, -0.15) is 12.6 Å². The molecule has 0 aliphatic heterocycles. The molecule has 0 saturated carbocycles. The van der Waals surface area contributed by atoms with Crippen molar-refractivity contribution in [1.29, 1.82) is 0 Å². The van der Waals surface area contributed by atoms with E-state index < -0.39 is 6.10 Å². The van der Waals surface area contributed by atoms with Crippen molar-refractivity contribution in [2.45, 2.75) is 11.4 Å². The SMILES string of the molecule is OC[C@@H](O)[C@H](S)CSO. The molecule has 0 saturated heterocycles. The lowest BCUT2D eigenvalue weighted by Gasteiger charge is -2.12. The van der Waals surface area contributed by atoms with Crippen molar-refractivity contribution in [3.8, 4) is 0 Å². The summed E-state index contributed by atoms with van der Waals surface area (Å²) in [7, 11) is 0. The Bertz CT molecular complexity index is 70.8. The zero-order valence-electron chi connectivity index (χ0n) is 4.77. The molecule has 0 unspecified atom stereocenters. The molecule has 9 heavy (non-hydrogen) atoms. The molecular formula is C4H10O3S2. The highest BCUT2D eigenvalue weighted by Gasteiger charge is 2.12. The van der Waals surface area contributed by atoms with E-state index in [0.29, 0.717) is 17.8 Å². The molecular weight excluding hydrogens is 160 g/mol. The summed E-state index contributed by atoms with van der Waals surface area (Å²) >= 11 is 4.50. The number of aliphatic hydroxyl groups is 2. The fourth-order valence-electron chi connectivity index (χ4n) is 0.309. The molecule has 0 aromatic rings. The van der Waals surface area contributed by atoms with Gasteiger partial charge >= 0.3 is 0 Å². The zero-order valence-corrected chi connectivity index (χ0v) is 6.48. The molecule has 5 heteroatoms. The molecule has 0 aliphatic carbocycles. The van der Waals surface area contributed by atoms with Gasteiger partial charge in [0.15, 0.2) is 0 Å². The second-order valence-corrected chi connectivity index (χ2v) is 2.87. The number of thiol groups is 1. The Labute approximate surface area is 63.7 Å². The third kappa shape index (κ3) is 4.05. The molecule has 0 bridgehead atoms. The van der Waals surface area contributed by atoms with Crippen LogP contribution in [0.2, 0.25) is 0 Å². The first kappa shape index (κ1) is 9.58. The van der Waals surface area contributed by atoms with Crippen molar-refractivity contribution in [2.24, 2.45) is 0 Å². The highest BCUT2D eigenvalue weighted by Crippen LogP contribution is 2.07. The van der Waals surface area contributed by atoms with E-state index in [9.17, 15) is 0 Å². The van der Waals surface area contributed by atoms with Crippen molar-refractivity contribution in [2.75, 3.05) is 12.4 Å². The van der Waals surface area contributed by atoms with Crippen LogP contribution in [0.5, 0.6) is 0 Å². The third-order valence-electron chi connectivity index (χ3n) is 0.877.